The molecular formula is C19H12BrF3N4OS. The second-order valence-electron chi connectivity index (χ2n) is 6.82. The summed E-state index contributed by atoms with van der Waals surface area (Å²) in [6.07, 6.45) is -1.79. The summed E-state index contributed by atoms with van der Waals surface area (Å²) < 4.78 is 40.9. The molecule has 2 heterocycles. The Morgan fingerprint density at radius 2 is 1.86 bits per heavy atom. The molecule has 2 aromatic rings. The van der Waals surface area contributed by atoms with Crippen molar-refractivity contribution in [1.82, 2.24) is 4.98 Å². The number of rotatable bonds is 2. The van der Waals surface area contributed by atoms with E-state index in [1.165, 1.54) is 6.07 Å². The minimum Gasteiger partial charge on any atom is -0.303 e. The van der Waals surface area contributed by atoms with Crippen LogP contribution in [-0.4, -0.2) is 21.5 Å². The predicted molar refractivity (Wildman–Crippen MR) is 107 cm³/mol. The summed E-state index contributed by atoms with van der Waals surface area (Å²) in [7, 11) is 0. The minimum atomic E-state index is -4.78. The molecule has 148 valence electrons. The van der Waals surface area contributed by atoms with Crippen molar-refractivity contribution in [3.8, 4) is 6.07 Å². The number of amides is 1. The summed E-state index contributed by atoms with van der Waals surface area (Å²) in [5, 5.41) is 9.05. The third-order valence-corrected chi connectivity index (χ3v) is 6.11. The Morgan fingerprint density at radius 3 is 2.38 bits per heavy atom. The molecule has 1 aliphatic carbocycles. The molecule has 1 aromatic heterocycles. The van der Waals surface area contributed by atoms with Crippen molar-refractivity contribution in [3.63, 3.8) is 0 Å². The number of aromatic nitrogens is 1. The number of hydrogen-bond donors (Lipinski definition) is 0. The number of thiocarbonyl (C=S) groups is 1. The zero-order valence-corrected chi connectivity index (χ0v) is 17.1. The SMILES string of the molecule is N#Cc1ncc(N2C(=O)C3(CCC3)N(c3ccc(Br)cc3)C2=S)cc1C(F)(F)F. The molecule has 10 heteroatoms. The fourth-order valence-corrected chi connectivity index (χ4v) is 4.41. The van der Waals surface area contributed by atoms with Gasteiger partial charge in [-0.15, -0.1) is 0 Å². The van der Waals surface area contributed by atoms with Crippen LogP contribution in [0.1, 0.15) is 30.5 Å². The molecule has 4 rings (SSSR count). The molecule has 1 saturated heterocycles. The lowest BCUT2D eigenvalue weighted by Crippen LogP contribution is -2.55. The van der Waals surface area contributed by atoms with E-state index in [-0.39, 0.29) is 16.7 Å². The van der Waals surface area contributed by atoms with E-state index >= 15 is 0 Å². The van der Waals surface area contributed by atoms with Gasteiger partial charge in [-0.25, -0.2) is 4.98 Å². The summed E-state index contributed by atoms with van der Waals surface area (Å²) in [6.45, 7) is 0. The number of alkyl halides is 3. The van der Waals surface area contributed by atoms with Gasteiger partial charge in [-0.2, -0.15) is 18.4 Å². The highest BCUT2D eigenvalue weighted by Crippen LogP contribution is 2.48. The van der Waals surface area contributed by atoms with Crippen LogP contribution in [0.5, 0.6) is 0 Å². The first-order valence-electron chi connectivity index (χ1n) is 8.61. The van der Waals surface area contributed by atoms with Gasteiger partial charge in [0.1, 0.15) is 11.6 Å². The largest absolute Gasteiger partial charge is 0.419 e. The highest BCUT2D eigenvalue weighted by Gasteiger charge is 2.59. The fourth-order valence-electron chi connectivity index (χ4n) is 3.68. The Kier molecular flexibility index (Phi) is 4.63. The Bertz CT molecular complexity index is 1060. The van der Waals surface area contributed by atoms with Gasteiger partial charge in [0.05, 0.1) is 17.4 Å². The first-order chi connectivity index (χ1) is 13.7. The number of anilines is 2. The summed E-state index contributed by atoms with van der Waals surface area (Å²) in [6, 6.07) is 9.41. The topological polar surface area (TPSA) is 60.2 Å². The Morgan fingerprint density at radius 1 is 1.21 bits per heavy atom. The molecule has 0 atom stereocenters. The van der Waals surface area contributed by atoms with Crippen LogP contribution in [0.25, 0.3) is 0 Å². The fraction of sp³-hybridized carbons (Fsp3) is 0.263. The van der Waals surface area contributed by atoms with E-state index in [4.69, 9.17) is 17.5 Å². The predicted octanol–water partition coefficient (Wildman–Crippen LogP) is 4.80. The van der Waals surface area contributed by atoms with Crippen LogP contribution in [0.15, 0.2) is 41.0 Å². The van der Waals surface area contributed by atoms with E-state index < -0.39 is 23.0 Å². The van der Waals surface area contributed by atoms with Crippen molar-refractivity contribution in [2.24, 2.45) is 0 Å². The molecule has 1 aromatic carbocycles. The molecule has 1 amide bonds. The molecule has 1 aliphatic heterocycles. The average Bonchev–Trinajstić information content (AvgIpc) is 2.88. The standard InChI is InChI=1S/C19H12BrF3N4OS/c20-11-2-4-12(5-3-11)27-17(29)26(16(28)18(27)6-1-7-18)13-8-14(19(21,22)23)15(9-24)25-10-13/h2-5,8,10H,1,6-7H2. The number of nitrogens with zero attached hydrogens (tertiary/aromatic N) is 4. The number of halogens is 4. The summed E-state index contributed by atoms with van der Waals surface area (Å²) >= 11 is 8.89. The van der Waals surface area contributed by atoms with E-state index in [1.807, 2.05) is 12.1 Å². The Balaban J connectivity index is 1.82. The summed E-state index contributed by atoms with van der Waals surface area (Å²) in [5.41, 5.74) is -2.26. The third-order valence-electron chi connectivity index (χ3n) is 5.22. The van der Waals surface area contributed by atoms with Crippen molar-refractivity contribution >= 4 is 50.5 Å². The van der Waals surface area contributed by atoms with Crippen molar-refractivity contribution in [1.29, 1.82) is 5.26 Å². The second kappa shape index (κ2) is 6.78. The van der Waals surface area contributed by atoms with Gasteiger partial charge in [-0.05, 0) is 61.8 Å². The van der Waals surface area contributed by atoms with Crippen molar-refractivity contribution in [2.75, 3.05) is 9.80 Å². The van der Waals surface area contributed by atoms with Crippen molar-refractivity contribution in [2.45, 2.75) is 31.0 Å². The monoisotopic (exact) mass is 480 g/mol. The van der Waals surface area contributed by atoms with Crippen molar-refractivity contribution in [3.05, 3.63) is 52.3 Å². The maximum Gasteiger partial charge on any atom is 0.419 e. The summed E-state index contributed by atoms with van der Waals surface area (Å²) in [4.78, 5) is 19.7. The average molecular weight is 481 g/mol. The van der Waals surface area contributed by atoms with Crippen LogP contribution in [0.2, 0.25) is 0 Å². The van der Waals surface area contributed by atoms with Crippen LogP contribution >= 0.6 is 28.1 Å². The zero-order valence-electron chi connectivity index (χ0n) is 14.7. The smallest absolute Gasteiger partial charge is 0.303 e. The van der Waals surface area contributed by atoms with Gasteiger partial charge in [0.2, 0.25) is 0 Å². The van der Waals surface area contributed by atoms with Gasteiger partial charge in [-0.1, -0.05) is 15.9 Å². The molecule has 1 spiro atoms. The molecule has 2 fully saturated rings. The molecule has 2 aliphatic rings. The molecule has 29 heavy (non-hydrogen) atoms. The van der Waals surface area contributed by atoms with E-state index in [2.05, 4.69) is 20.9 Å². The number of nitriles is 1. The van der Waals surface area contributed by atoms with Gasteiger partial charge >= 0.3 is 6.18 Å². The van der Waals surface area contributed by atoms with Gasteiger partial charge in [0.25, 0.3) is 5.91 Å². The number of carbonyl (C=O) groups is 1. The highest BCUT2D eigenvalue weighted by atomic mass is 79.9. The van der Waals surface area contributed by atoms with E-state index in [1.54, 1.807) is 17.0 Å². The maximum absolute atomic E-state index is 13.4. The van der Waals surface area contributed by atoms with Gasteiger partial charge in [0.15, 0.2) is 10.8 Å². The number of pyridine rings is 1. The van der Waals surface area contributed by atoms with Crippen molar-refractivity contribution < 1.29 is 18.0 Å². The highest BCUT2D eigenvalue weighted by molar-refractivity contribution is 9.10. The lowest BCUT2D eigenvalue weighted by atomic mass is 9.75. The molecule has 0 bridgehead atoms. The molecule has 0 radical (unpaired) electrons. The number of hydrogen-bond acceptors (Lipinski definition) is 4. The first-order valence-corrected chi connectivity index (χ1v) is 9.81. The lowest BCUT2D eigenvalue weighted by molar-refractivity contribution is -0.138. The van der Waals surface area contributed by atoms with Crippen LogP contribution in [0, 0.1) is 11.3 Å². The number of benzene rings is 1. The molecular weight excluding hydrogens is 469 g/mol. The Hall–Kier alpha value is -2.51. The first kappa shape index (κ1) is 19.8. The lowest BCUT2D eigenvalue weighted by Gasteiger charge is -2.43. The molecule has 0 unspecified atom stereocenters. The molecule has 0 N–H and O–H groups in total. The second-order valence-corrected chi connectivity index (χ2v) is 8.10. The van der Waals surface area contributed by atoms with E-state index in [9.17, 15) is 18.0 Å². The van der Waals surface area contributed by atoms with Crippen LogP contribution in [-0.2, 0) is 11.0 Å². The van der Waals surface area contributed by atoms with Crippen LogP contribution in [0.4, 0.5) is 24.5 Å². The van der Waals surface area contributed by atoms with Gasteiger partial charge in [-0.3, -0.25) is 9.69 Å². The Labute approximate surface area is 177 Å². The van der Waals surface area contributed by atoms with E-state index in [0.29, 0.717) is 18.5 Å². The summed E-state index contributed by atoms with van der Waals surface area (Å²) in [5.74, 6) is -0.378. The normalized spacial score (nSPS) is 18.2. The van der Waals surface area contributed by atoms with E-state index in [0.717, 1.165) is 28.1 Å². The number of carbonyl (C=O) groups excluding carboxylic acids is 1. The maximum atomic E-state index is 13.4. The third kappa shape index (κ3) is 3.00. The molecule has 5 nitrogen and oxygen atoms in total. The van der Waals surface area contributed by atoms with Gasteiger partial charge in [0, 0.05) is 10.2 Å². The molecule has 1 saturated carbocycles. The van der Waals surface area contributed by atoms with Crippen LogP contribution in [0.3, 0.4) is 0 Å². The van der Waals surface area contributed by atoms with Gasteiger partial charge < -0.3 is 4.90 Å². The zero-order chi connectivity index (χ0) is 21.0. The minimum absolute atomic E-state index is 0.0941. The quantitative estimate of drug-likeness (QED) is 0.578. The van der Waals surface area contributed by atoms with Crippen LogP contribution < -0.4 is 9.80 Å².